The van der Waals surface area contributed by atoms with E-state index in [-0.39, 0.29) is 38.2 Å². The summed E-state index contributed by atoms with van der Waals surface area (Å²) in [5.74, 6) is -4.77. The molecule has 3 amide bonds. The average Bonchev–Trinajstić information content (AvgIpc) is 2.92. The molecule has 4 atom stereocenters. The number of hydrogen-bond donors (Lipinski definition) is 9. The Balaban J connectivity index is 3.06. The van der Waals surface area contributed by atoms with Gasteiger partial charge in [-0.25, -0.2) is 4.79 Å². The second-order valence-electron chi connectivity index (χ2n) is 9.48. The quantitative estimate of drug-likeness (QED) is 0.0470. The van der Waals surface area contributed by atoms with Crippen molar-refractivity contribution >= 4 is 35.6 Å². The topological polar surface area (TPSA) is 278 Å². The molecule has 1 rings (SSSR count). The fraction of sp³-hybridized carbons (Fsp3) is 0.538. The van der Waals surface area contributed by atoms with E-state index < -0.39 is 60.2 Å². The fourth-order valence-corrected chi connectivity index (χ4v) is 3.82. The number of hydrogen-bond acceptors (Lipinski definition) is 8. The van der Waals surface area contributed by atoms with Gasteiger partial charge in [-0.1, -0.05) is 30.3 Å². The Bertz CT molecular complexity index is 1030. The first-order valence-electron chi connectivity index (χ1n) is 13.3. The second kappa shape index (κ2) is 18.9. The normalized spacial score (nSPS) is 13.6. The van der Waals surface area contributed by atoms with Crippen molar-refractivity contribution in [3.63, 3.8) is 0 Å². The molecule has 0 spiro atoms. The summed E-state index contributed by atoms with van der Waals surface area (Å²) >= 11 is 0. The molecular formula is C26H42N8O7. The van der Waals surface area contributed by atoms with Crippen LogP contribution in [0, 0.1) is 0 Å². The predicted molar refractivity (Wildman–Crippen MR) is 151 cm³/mol. The summed E-state index contributed by atoms with van der Waals surface area (Å²) in [5.41, 5.74) is 22.8. The average molecular weight is 579 g/mol. The molecule has 0 saturated heterocycles. The smallest absolute Gasteiger partial charge is 0.326 e. The number of carboxylic acids is 2. The van der Waals surface area contributed by atoms with Crippen LogP contribution in [-0.4, -0.2) is 83.1 Å². The van der Waals surface area contributed by atoms with Crippen molar-refractivity contribution in [1.29, 1.82) is 0 Å². The first-order valence-corrected chi connectivity index (χ1v) is 13.3. The van der Waals surface area contributed by atoms with Gasteiger partial charge in [-0.15, -0.1) is 0 Å². The molecular weight excluding hydrogens is 536 g/mol. The van der Waals surface area contributed by atoms with Crippen LogP contribution in [0.1, 0.15) is 50.5 Å². The van der Waals surface area contributed by atoms with Crippen LogP contribution in [0.25, 0.3) is 0 Å². The van der Waals surface area contributed by atoms with Crippen molar-refractivity contribution in [3.8, 4) is 0 Å². The number of carbonyl (C=O) groups excluding carboxylic acids is 3. The van der Waals surface area contributed by atoms with Gasteiger partial charge in [0.25, 0.3) is 0 Å². The Kier molecular flexibility index (Phi) is 16.1. The Hall–Kier alpha value is -4.24. The van der Waals surface area contributed by atoms with E-state index in [9.17, 15) is 29.1 Å². The van der Waals surface area contributed by atoms with Crippen LogP contribution in [0.4, 0.5) is 0 Å². The maximum absolute atomic E-state index is 13.4. The third kappa shape index (κ3) is 14.6. The standard InChI is InChI=1S/C26H42N8O7/c27-13-5-4-10-18(32-22(37)17(28)9-6-14-31-26(29)30)23(38)34-20(15-16-7-2-1-3-8-16)24(39)33-19(25(40)41)11-12-21(35)36/h1-3,7-8,17-20H,4-6,9-15,27-28H2,(H,32,37)(H,33,39)(H,34,38)(H,35,36)(H,40,41)(H4,29,30,31). The molecule has 0 bridgehead atoms. The molecule has 0 saturated carbocycles. The number of aliphatic carboxylic acids is 2. The Morgan fingerprint density at radius 1 is 0.780 bits per heavy atom. The Morgan fingerprint density at radius 3 is 1.98 bits per heavy atom. The van der Waals surface area contributed by atoms with E-state index >= 15 is 0 Å². The monoisotopic (exact) mass is 578 g/mol. The molecule has 15 nitrogen and oxygen atoms in total. The van der Waals surface area contributed by atoms with Crippen LogP contribution in [0.5, 0.6) is 0 Å². The molecule has 1 aromatic carbocycles. The minimum Gasteiger partial charge on any atom is -0.481 e. The summed E-state index contributed by atoms with van der Waals surface area (Å²) < 4.78 is 0. The molecule has 0 fully saturated rings. The maximum Gasteiger partial charge on any atom is 0.326 e. The molecule has 15 heteroatoms. The third-order valence-corrected chi connectivity index (χ3v) is 6.06. The van der Waals surface area contributed by atoms with Crippen LogP contribution < -0.4 is 38.9 Å². The van der Waals surface area contributed by atoms with Crippen molar-refractivity contribution in [2.24, 2.45) is 27.9 Å². The maximum atomic E-state index is 13.4. The fourth-order valence-electron chi connectivity index (χ4n) is 3.82. The lowest BCUT2D eigenvalue weighted by atomic mass is 10.0. The highest BCUT2D eigenvalue weighted by Crippen LogP contribution is 2.08. The molecule has 13 N–H and O–H groups in total. The third-order valence-electron chi connectivity index (χ3n) is 6.06. The van der Waals surface area contributed by atoms with Crippen LogP contribution in [-0.2, 0) is 30.4 Å². The zero-order valence-electron chi connectivity index (χ0n) is 23.0. The molecule has 1 aromatic rings. The molecule has 0 aromatic heterocycles. The lowest BCUT2D eigenvalue weighted by molar-refractivity contribution is -0.143. The Morgan fingerprint density at radius 2 is 1.39 bits per heavy atom. The van der Waals surface area contributed by atoms with Gasteiger partial charge in [0, 0.05) is 19.4 Å². The number of carbonyl (C=O) groups is 5. The lowest BCUT2D eigenvalue weighted by Gasteiger charge is -2.25. The summed E-state index contributed by atoms with van der Waals surface area (Å²) in [6.45, 7) is 0.655. The summed E-state index contributed by atoms with van der Waals surface area (Å²) in [6, 6.07) is 4.01. The number of nitrogens with one attached hydrogen (secondary N) is 3. The highest BCUT2D eigenvalue weighted by atomic mass is 16.4. The minimum absolute atomic E-state index is 0.0114. The van der Waals surface area contributed by atoms with Gasteiger partial charge in [-0.2, -0.15) is 0 Å². The van der Waals surface area contributed by atoms with Crippen LogP contribution >= 0.6 is 0 Å². The van der Waals surface area contributed by atoms with E-state index in [1.54, 1.807) is 30.3 Å². The number of rotatable bonds is 20. The molecule has 0 aliphatic heterocycles. The van der Waals surface area contributed by atoms with E-state index in [1.807, 2.05) is 0 Å². The molecule has 4 unspecified atom stereocenters. The van der Waals surface area contributed by atoms with Gasteiger partial charge in [0.1, 0.15) is 18.1 Å². The van der Waals surface area contributed by atoms with Gasteiger partial charge in [0.2, 0.25) is 17.7 Å². The number of amides is 3. The first-order chi connectivity index (χ1) is 19.4. The molecule has 0 heterocycles. The highest BCUT2D eigenvalue weighted by Gasteiger charge is 2.30. The number of nitrogens with two attached hydrogens (primary N) is 4. The number of unbranched alkanes of at least 4 members (excludes halogenated alkanes) is 1. The highest BCUT2D eigenvalue weighted by molar-refractivity contribution is 5.94. The molecule has 41 heavy (non-hydrogen) atoms. The molecule has 0 radical (unpaired) electrons. The van der Waals surface area contributed by atoms with Gasteiger partial charge >= 0.3 is 11.9 Å². The number of aliphatic imine (C=N–C) groups is 1. The first kappa shape index (κ1) is 34.8. The van der Waals surface area contributed by atoms with Gasteiger partial charge in [0.05, 0.1) is 6.04 Å². The van der Waals surface area contributed by atoms with Crippen LogP contribution in [0.15, 0.2) is 35.3 Å². The number of guanidine groups is 1. The van der Waals surface area contributed by atoms with Crippen LogP contribution in [0.3, 0.4) is 0 Å². The summed E-state index contributed by atoms with van der Waals surface area (Å²) in [7, 11) is 0. The largest absolute Gasteiger partial charge is 0.481 e. The zero-order chi connectivity index (χ0) is 30.8. The number of carboxylic acid groups (broad SMARTS) is 2. The van der Waals surface area contributed by atoms with Crippen molar-refractivity contribution in [3.05, 3.63) is 35.9 Å². The summed E-state index contributed by atoms with van der Waals surface area (Å²) in [4.78, 5) is 65.7. The van der Waals surface area contributed by atoms with Crippen molar-refractivity contribution in [2.45, 2.75) is 75.5 Å². The zero-order valence-corrected chi connectivity index (χ0v) is 23.0. The molecule has 228 valence electrons. The van der Waals surface area contributed by atoms with E-state index in [4.69, 9.17) is 28.0 Å². The Labute approximate surface area is 238 Å². The molecule has 0 aliphatic carbocycles. The summed E-state index contributed by atoms with van der Waals surface area (Å²) in [6.07, 6.45) is 1.18. The van der Waals surface area contributed by atoms with E-state index in [1.165, 1.54) is 0 Å². The SMILES string of the molecule is NCCCCC(NC(=O)C(N)CCCN=C(N)N)C(=O)NC(Cc1ccccc1)C(=O)NC(CCC(=O)O)C(=O)O. The number of nitrogens with zero attached hydrogens (tertiary/aromatic N) is 1. The second-order valence-corrected chi connectivity index (χ2v) is 9.48. The van der Waals surface area contributed by atoms with Crippen molar-refractivity contribution < 1.29 is 34.2 Å². The number of benzene rings is 1. The predicted octanol–water partition coefficient (Wildman–Crippen LogP) is -1.86. The van der Waals surface area contributed by atoms with Gasteiger partial charge < -0.3 is 49.1 Å². The van der Waals surface area contributed by atoms with E-state index in [0.717, 1.165) is 0 Å². The summed E-state index contributed by atoms with van der Waals surface area (Å²) in [5, 5.41) is 25.9. The van der Waals surface area contributed by atoms with Crippen molar-refractivity contribution in [1.82, 2.24) is 16.0 Å². The molecule has 0 aliphatic rings. The van der Waals surface area contributed by atoms with Gasteiger partial charge in [-0.3, -0.25) is 24.2 Å². The van der Waals surface area contributed by atoms with E-state index in [0.29, 0.717) is 31.4 Å². The lowest BCUT2D eigenvalue weighted by Crippen LogP contribution is -2.57. The van der Waals surface area contributed by atoms with E-state index in [2.05, 4.69) is 20.9 Å². The van der Waals surface area contributed by atoms with Crippen LogP contribution in [0.2, 0.25) is 0 Å². The van der Waals surface area contributed by atoms with Crippen molar-refractivity contribution in [2.75, 3.05) is 13.1 Å². The minimum atomic E-state index is -1.48. The van der Waals surface area contributed by atoms with Gasteiger partial charge in [-0.05, 0) is 50.6 Å². The van der Waals surface area contributed by atoms with Gasteiger partial charge in [0.15, 0.2) is 5.96 Å².